The first kappa shape index (κ1) is 20.3. The molecular weight excluding hydrogens is 363 g/mol. The molecule has 144 valence electrons. The predicted molar refractivity (Wildman–Crippen MR) is 92.5 cm³/mol. The molecule has 1 unspecified atom stereocenters. The van der Waals surface area contributed by atoms with Crippen LogP contribution >= 0.6 is 0 Å². The second-order valence-electron chi connectivity index (χ2n) is 6.00. The van der Waals surface area contributed by atoms with E-state index in [-0.39, 0.29) is 12.3 Å². The van der Waals surface area contributed by atoms with Crippen LogP contribution in [0.4, 0.5) is 18.9 Å². The molecule has 0 heterocycles. The highest BCUT2D eigenvalue weighted by Gasteiger charge is 2.30. The lowest BCUT2D eigenvalue weighted by Crippen LogP contribution is -2.22. The fourth-order valence-electron chi connectivity index (χ4n) is 2.35. The van der Waals surface area contributed by atoms with Gasteiger partial charge in [-0.3, -0.25) is 4.79 Å². The number of amides is 1. The van der Waals surface area contributed by atoms with Gasteiger partial charge in [0, 0.05) is 17.7 Å². The molecule has 1 amide bonds. The Morgan fingerprint density at radius 1 is 1.15 bits per heavy atom. The number of ether oxygens (including phenoxy) is 1. The van der Waals surface area contributed by atoms with E-state index < -0.39 is 30.2 Å². The Bertz CT molecular complexity index is 803. The van der Waals surface area contributed by atoms with Gasteiger partial charge < -0.3 is 15.2 Å². The minimum atomic E-state index is -4.39. The Morgan fingerprint density at radius 3 is 2.41 bits per heavy atom. The molecular formula is C19H18F3NO4. The summed E-state index contributed by atoms with van der Waals surface area (Å²) in [6.07, 6.45) is -4.12. The summed E-state index contributed by atoms with van der Waals surface area (Å²) in [5, 5.41) is 11.3. The normalized spacial score (nSPS) is 12.3. The summed E-state index contributed by atoms with van der Waals surface area (Å²) in [5.74, 6) is -1.61. The van der Waals surface area contributed by atoms with Crippen LogP contribution in [-0.4, -0.2) is 23.6 Å². The van der Waals surface area contributed by atoms with Gasteiger partial charge in [0.25, 0.3) is 0 Å². The summed E-state index contributed by atoms with van der Waals surface area (Å²) in [7, 11) is 0. The van der Waals surface area contributed by atoms with Crippen molar-refractivity contribution in [3.05, 3.63) is 59.7 Å². The Kier molecular flexibility index (Phi) is 6.44. The Hall–Kier alpha value is -3.03. The van der Waals surface area contributed by atoms with Crippen LogP contribution in [0.15, 0.2) is 48.5 Å². The summed E-state index contributed by atoms with van der Waals surface area (Å²) < 4.78 is 42.8. The molecule has 2 aromatic rings. The van der Waals surface area contributed by atoms with Gasteiger partial charge in [0.1, 0.15) is 5.75 Å². The van der Waals surface area contributed by atoms with Crippen LogP contribution < -0.4 is 10.1 Å². The molecule has 2 N–H and O–H groups in total. The van der Waals surface area contributed by atoms with Gasteiger partial charge in [-0.2, -0.15) is 13.2 Å². The van der Waals surface area contributed by atoms with Crippen molar-refractivity contribution in [1.82, 2.24) is 0 Å². The fraction of sp³-hybridized carbons (Fsp3) is 0.263. The second-order valence-corrected chi connectivity index (χ2v) is 6.00. The minimum Gasteiger partial charge on any atom is -0.482 e. The maximum Gasteiger partial charge on any atom is 0.416 e. The van der Waals surface area contributed by atoms with Crippen molar-refractivity contribution < 1.29 is 32.6 Å². The summed E-state index contributed by atoms with van der Waals surface area (Å²) in [6.45, 7) is 1.17. The van der Waals surface area contributed by atoms with Crippen molar-refractivity contribution in [1.29, 1.82) is 0 Å². The molecule has 0 radical (unpaired) electrons. The number of hydrogen-bond donors (Lipinski definition) is 2. The molecule has 0 aliphatic heterocycles. The van der Waals surface area contributed by atoms with Gasteiger partial charge in [0.05, 0.1) is 5.56 Å². The molecule has 0 saturated carbocycles. The number of hydrogen-bond acceptors (Lipinski definition) is 3. The van der Waals surface area contributed by atoms with Crippen molar-refractivity contribution >= 4 is 17.6 Å². The number of nitrogens with one attached hydrogen (secondary N) is 1. The number of halogens is 3. The molecule has 5 nitrogen and oxygen atoms in total. The summed E-state index contributed by atoms with van der Waals surface area (Å²) in [5.41, 5.74) is 0.313. The van der Waals surface area contributed by atoms with E-state index in [1.807, 2.05) is 0 Å². The number of alkyl halides is 3. The number of carbonyl (C=O) groups is 2. The van der Waals surface area contributed by atoms with E-state index in [1.54, 1.807) is 25.1 Å². The maximum absolute atomic E-state index is 12.6. The quantitative estimate of drug-likeness (QED) is 0.761. The van der Waals surface area contributed by atoms with Crippen molar-refractivity contribution in [2.75, 3.05) is 11.9 Å². The molecule has 0 fully saturated rings. The zero-order valence-electron chi connectivity index (χ0n) is 14.4. The van der Waals surface area contributed by atoms with E-state index in [0.29, 0.717) is 17.0 Å². The molecule has 0 bridgehead atoms. The lowest BCUT2D eigenvalue weighted by molar-refractivity contribution is -0.139. The standard InChI is InChI=1S/C19H18F3NO4/c1-12(9-13-5-7-14(8-6-13)19(20,21)22)18(26)23-15-3-2-4-16(10-15)27-11-17(24)25/h2-8,10,12H,9,11H2,1H3,(H,23,26)(H,24,25). The highest BCUT2D eigenvalue weighted by atomic mass is 19.4. The van der Waals surface area contributed by atoms with E-state index >= 15 is 0 Å². The molecule has 0 spiro atoms. The van der Waals surface area contributed by atoms with Crippen molar-refractivity contribution in [3.63, 3.8) is 0 Å². The van der Waals surface area contributed by atoms with Crippen LogP contribution in [0.2, 0.25) is 0 Å². The first-order chi connectivity index (χ1) is 12.6. The fourth-order valence-corrected chi connectivity index (χ4v) is 2.35. The van der Waals surface area contributed by atoms with Crippen molar-refractivity contribution in [2.24, 2.45) is 5.92 Å². The van der Waals surface area contributed by atoms with E-state index in [0.717, 1.165) is 12.1 Å². The lowest BCUT2D eigenvalue weighted by atomic mass is 9.99. The monoisotopic (exact) mass is 381 g/mol. The number of anilines is 1. The third-order valence-corrected chi connectivity index (χ3v) is 3.73. The second kappa shape index (κ2) is 8.57. The van der Waals surface area contributed by atoms with Gasteiger partial charge in [-0.05, 0) is 36.2 Å². The Morgan fingerprint density at radius 2 is 1.81 bits per heavy atom. The molecule has 0 aliphatic rings. The van der Waals surface area contributed by atoms with E-state index in [1.165, 1.54) is 18.2 Å². The van der Waals surface area contributed by atoms with Crippen LogP contribution in [-0.2, 0) is 22.2 Å². The van der Waals surface area contributed by atoms with Crippen LogP contribution in [0, 0.1) is 5.92 Å². The minimum absolute atomic E-state index is 0.277. The van der Waals surface area contributed by atoms with Crippen molar-refractivity contribution in [3.8, 4) is 5.75 Å². The summed E-state index contributed by atoms with van der Waals surface area (Å²) >= 11 is 0. The highest BCUT2D eigenvalue weighted by Crippen LogP contribution is 2.29. The molecule has 2 rings (SSSR count). The number of carboxylic acids is 1. The summed E-state index contributed by atoms with van der Waals surface area (Å²) in [6, 6.07) is 11.0. The van der Waals surface area contributed by atoms with Crippen LogP contribution in [0.3, 0.4) is 0 Å². The van der Waals surface area contributed by atoms with Crippen LogP contribution in [0.1, 0.15) is 18.1 Å². The predicted octanol–water partition coefficient (Wildman–Crippen LogP) is 3.99. The zero-order chi connectivity index (χ0) is 20.0. The molecule has 27 heavy (non-hydrogen) atoms. The molecule has 8 heteroatoms. The number of rotatable bonds is 7. The number of aliphatic carboxylic acids is 1. The third kappa shape index (κ3) is 6.32. The number of benzene rings is 2. The largest absolute Gasteiger partial charge is 0.482 e. The molecule has 1 atom stereocenters. The van der Waals surface area contributed by atoms with Crippen LogP contribution in [0.25, 0.3) is 0 Å². The average molecular weight is 381 g/mol. The smallest absolute Gasteiger partial charge is 0.416 e. The molecule has 0 aliphatic carbocycles. The SMILES string of the molecule is CC(Cc1ccc(C(F)(F)F)cc1)C(=O)Nc1cccc(OCC(=O)O)c1. The summed E-state index contributed by atoms with van der Waals surface area (Å²) in [4.78, 5) is 22.8. The van der Waals surface area contributed by atoms with Gasteiger partial charge >= 0.3 is 12.1 Å². The van der Waals surface area contributed by atoms with Gasteiger partial charge in [0.15, 0.2) is 6.61 Å². The van der Waals surface area contributed by atoms with Gasteiger partial charge in [-0.15, -0.1) is 0 Å². The molecule has 0 aromatic heterocycles. The lowest BCUT2D eigenvalue weighted by Gasteiger charge is -2.14. The van der Waals surface area contributed by atoms with Crippen LogP contribution in [0.5, 0.6) is 5.75 Å². The third-order valence-electron chi connectivity index (χ3n) is 3.73. The topological polar surface area (TPSA) is 75.6 Å². The first-order valence-electron chi connectivity index (χ1n) is 8.07. The first-order valence-corrected chi connectivity index (χ1v) is 8.07. The van der Waals surface area contributed by atoms with E-state index in [9.17, 15) is 22.8 Å². The molecule has 0 saturated heterocycles. The Balaban J connectivity index is 1.95. The number of carboxylic acid groups (broad SMARTS) is 1. The maximum atomic E-state index is 12.6. The number of carbonyl (C=O) groups excluding carboxylic acids is 1. The van der Waals surface area contributed by atoms with Gasteiger partial charge in [0.2, 0.25) is 5.91 Å². The van der Waals surface area contributed by atoms with Gasteiger partial charge in [-0.25, -0.2) is 4.79 Å². The van der Waals surface area contributed by atoms with E-state index in [2.05, 4.69) is 5.32 Å². The van der Waals surface area contributed by atoms with E-state index in [4.69, 9.17) is 9.84 Å². The van der Waals surface area contributed by atoms with Crippen molar-refractivity contribution in [2.45, 2.75) is 19.5 Å². The average Bonchev–Trinajstić information content (AvgIpc) is 2.60. The van der Waals surface area contributed by atoms with Gasteiger partial charge in [-0.1, -0.05) is 25.1 Å². The highest BCUT2D eigenvalue weighted by molar-refractivity contribution is 5.92. The molecule has 2 aromatic carbocycles. The Labute approximate surface area is 153 Å². The zero-order valence-corrected chi connectivity index (χ0v) is 14.4.